The van der Waals surface area contributed by atoms with Gasteiger partial charge in [-0.25, -0.2) is 0 Å². The van der Waals surface area contributed by atoms with E-state index in [2.05, 4.69) is 42.2 Å². The highest BCUT2D eigenvalue weighted by atomic mass is 16.1. The summed E-state index contributed by atoms with van der Waals surface area (Å²) in [5, 5.41) is 1.00. The fourth-order valence-corrected chi connectivity index (χ4v) is 2.62. The first kappa shape index (κ1) is 17.9. The van der Waals surface area contributed by atoms with Crippen LogP contribution in [0.5, 0.6) is 0 Å². The Morgan fingerprint density at radius 2 is 1.67 bits per heavy atom. The number of hydrogen-bond acceptors (Lipinski definition) is 2. The van der Waals surface area contributed by atoms with E-state index in [1.54, 1.807) is 12.3 Å². The van der Waals surface area contributed by atoms with Crippen molar-refractivity contribution in [3.63, 3.8) is 0 Å². The smallest absolute Gasteiger partial charge is 0.152 e. The summed E-state index contributed by atoms with van der Waals surface area (Å²) in [6.45, 7) is 2.25. The zero-order valence-electron chi connectivity index (χ0n) is 14.3. The Morgan fingerprint density at radius 3 is 2.42 bits per heavy atom. The molecule has 2 heteroatoms. The standard InChI is InChI=1S/C12H18.C10H7NO/c1-2-3-4-6-9-12-10-7-5-8-11-12;12-7-9-4-1-3-8-5-2-6-11-10(8)9/h5,7-8,10-11H,2-4,6,9H2,1H3;1-7H. The molecule has 0 aliphatic carbocycles. The number of unbranched alkanes of at least 4 members (excludes halogenated alkanes) is 3. The molecule has 1 heterocycles. The number of hydrogen-bond donors (Lipinski definition) is 0. The highest BCUT2D eigenvalue weighted by molar-refractivity contribution is 5.95. The number of aldehydes is 1. The Labute approximate surface area is 144 Å². The maximum absolute atomic E-state index is 10.6. The lowest BCUT2D eigenvalue weighted by Gasteiger charge is -1.99. The SMILES string of the molecule is CCCCCCc1ccccc1.O=Cc1cccc2cccnc12. The van der Waals surface area contributed by atoms with E-state index in [1.807, 2.05) is 24.3 Å². The van der Waals surface area contributed by atoms with Crippen molar-refractivity contribution in [3.05, 3.63) is 78.0 Å². The number of para-hydroxylation sites is 1. The largest absolute Gasteiger partial charge is 0.298 e. The molecule has 124 valence electrons. The predicted octanol–water partition coefficient (Wildman–Crippen LogP) is 5.86. The maximum Gasteiger partial charge on any atom is 0.152 e. The summed E-state index contributed by atoms with van der Waals surface area (Å²) in [5.41, 5.74) is 2.90. The van der Waals surface area contributed by atoms with Crippen molar-refractivity contribution in [2.75, 3.05) is 0 Å². The third-order valence-corrected chi connectivity index (χ3v) is 3.95. The van der Waals surface area contributed by atoms with Gasteiger partial charge in [0, 0.05) is 17.1 Å². The molecule has 0 amide bonds. The molecule has 24 heavy (non-hydrogen) atoms. The van der Waals surface area contributed by atoms with E-state index in [1.165, 1.54) is 37.7 Å². The number of carbonyl (C=O) groups is 1. The third-order valence-electron chi connectivity index (χ3n) is 3.95. The number of pyridine rings is 1. The first-order chi connectivity index (χ1) is 11.8. The van der Waals surface area contributed by atoms with E-state index in [-0.39, 0.29) is 0 Å². The van der Waals surface area contributed by atoms with Crippen molar-refractivity contribution in [1.29, 1.82) is 0 Å². The molecule has 0 aliphatic heterocycles. The first-order valence-electron chi connectivity index (χ1n) is 8.68. The second-order valence-corrected chi connectivity index (χ2v) is 5.84. The number of rotatable bonds is 6. The topological polar surface area (TPSA) is 30.0 Å². The van der Waals surface area contributed by atoms with Gasteiger partial charge in [-0.05, 0) is 30.5 Å². The molecule has 0 spiro atoms. The molecule has 0 bridgehead atoms. The Balaban J connectivity index is 0.000000174. The van der Waals surface area contributed by atoms with E-state index in [0.29, 0.717) is 5.56 Å². The number of aromatic nitrogens is 1. The summed E-state index contributed by atoms with van der Waals surface area (Å²) in [7, 11) is 0. The summed E-state index contributed by atoms with van der Waals surface area (Å²) in [5.74, 6) is 0. The van der Waals surface area contributed by atoms with Crippen molar-refractivity contribution in [2.24, 2.45) is 0 Å². The minimum Gasteiger partial charge on any atom is -0.298 e. The second kappa shape index (κ2) is 10.3. The van der Waals surface area contributed by atoms with Gasteiger partial charge in [-0.2, -0.15) is 0 Å². The quantitative estimate of drug-likeness (QED) is 0.421. The van der Waals surface area contributed by atoms with Gasteiger partial charge >= 0.3 is 0 Å². The molecule has 0 saturated heterocycles. The number of nitrogens with zero attached hydrogens (tertiary/aromatic N) is 1. The summed E-state index contributed by atoms with van der Waals surface area (Å²) < 4.78 is 0. The van der Waals surface area contributed by atoms with Gasteiger partial charge in [-0.3, -0.25) is 9.78 Å². The van der Waals surface area contributed by atoms with Crippen LogP contribution in [-0.2, 0) is 6.42 Å². The Hall–Kier alpha value is -2.48. The zero-order valence-corrected chi connectivity index (χ0v) is 14.3. The van der Waals surface area contributed by atoms with Gasteiger partial charge in [0.05, 0.1) is 5.52 Å². The minimum atomic E-state index is 0.646. The van der Waals surface area contributed by atoms with Crippen LogP contribution >= 0.6 is 0 Å². The number of aryl methyl sites for hydroxylation is 1. The van der Waals surface area contributed by atoms with Gasteiger partial charge in [0.25, 0.3) is 0 Å². The molecule has 2 nitrogen and oxygen atoms in total. The van der Waals surface area contributed by atoms with Crippen molar-refractivity contribution >= 4 is 17.2 Å². The van der Waals surface area contributed by atoms with Crippen molar-refractivity contribution in [2.45, 2.75) is 39.0 Å². The summed E-state index contributed by atoms with van der Waals surface area (Å²) in [4.78, 5) is 14.7. The molecule has 0 unspecified atom stereocenters. The third kappa shape index (κ3) is 5.62. The van der Waals surface area contributed by atoms with Gasteiger partial charge < -0.3 is 0 Å². The van der Waals surface area contributed by atoms with E-state index in [0.717, 1.165) is 17.2 Å². The maximum atomic E-state index is 10.6. The molecule has 0 saturated carbocycles. The lowest BCUT2D eigenvalue weighted by molar-refractivity contribution is 0.112. The number of benzene rings is 2. The minimum absolute atomic E-state index is 0.646. The number of fused-ring (bicyclic) bond motifs is 1. The van der Waals surface area contributed by atoms with Crippen LogP contribution in [0.2, 0.25) is 0 Å². The highest BCUT2D eigenvalue weighted by Crippen LogP contribution is 2.13. The van der Waals surface area contributed by atoms with Crippen molar-refractivity contribution in [1.82, 2.24) is 4.98 Å². The summed E-state index contributed by atoms with van der Waals surface area (Å²) in [6.07, 6.45) is 9.20. The van der Waals surface area contributed by atoms with Gasteiger partial charge in [0.1, 0.15) is 0 Å². The van der Waals surface area contributed by atoms with Crippen LogP contribution in [0.15, 0.2) is 66.9 Å². The van der Waals surface area contributed by atoms with Crippen LogP contribution in [-0.4, -0.2) is 11.3 Å². The lowest BCUT2D eigenvalue weighted by atomic mass is 10.1. The summed E-state index contributed by atoms with van der Waals surface area (Å²) in [6, 6.07) is 20.1. The fourth-order valence-electron chi connectivity index (χ4n) is 2.62. The Bertz CT molecular complexity index is 732. The molecule has 0 radical (unpaired) electrons. The molecule has 3 aromatic rings. The number of carbonyl (C=O) groups excluding carboxylic acids is 1. The second-order valence-electron chi connectivity index (χ2n) is 5.84. The van der Waals surface area contributed by atoms with E-state index >= 15 is 0 Å². The molecule has 0 aliphatic rings. The molecule has 0 fully saturated rings. The monoisotopic (exact) mass is 319 g/mol. The first-order valence-corrected chi connectivity index (χ1v) is 8.68. The van der Waals surface area contributed by atoms with Crippen LogP contribution in [0, 0.1) is 0 Å². The van der Waals surface area contributed by atoms with E-state index in [9.17, 15) is 4.79 Å². The van der Waals surface area contributed by atoms with Crippen LogP contribution < -0.4 is 0 Å². The average molecular weight is 319 g/mol. The molecule has 0 N–H and O–H groups in total. The van der Waals surface area contributed by atoms with Crippen LogP contribution in [0.3, 0.4) is 0 Å². The Kier molecular flexibility index (Phi) is 7.69. The van der Waals surface area contributed by atoms with Crippen LogP contribution in [0.1, 0.15) is 48.5 Å². The molecular weight excluding hydrogens is 294 g/mol. The predicted molar refractivity (Wildman–Crippen MR) is 101 cm³/mol. The zero-order chi connectivity index (χ0) is 17.0. The van der Waals surface area contributed by atoms with Crippen molar-refractivity contribution in [3.8, 4) is 0 Å². The molecule has 2 aromatic carbocycles. The van der Waals surface area contributed by atoms with Crippen LogP contribution in [0.25, 0.3) is 10.9 Å². The van der Waals surface area contributed by atoms with E-state index < -0.39 is 0 Å². The van der Waals surface area contributed by atoms with E-state index in [4.69, 9.17) is 0 Å². The van der Waals surface area contributed by atoms with Gasteiger partial charge in [0.15, 0.2) is 6.29 Å². The molecule has 0 atom stereocenters. The van der Waals surface area contributed by atoms with Gasteiger partial charge in [0.2, 0.25) is 0 Å². The van der Waals surface area contributed by atoms with Crippen LogP contribution in [0.4, 0.5) is 0 Å². The van der Waals surface area contributed by atoms with Crippen molar-refractivity contribution < 1.29 is 4.79 Å². The lowest BCUT2D eigenvalue weighted by Crippen LogP contribution is -1.85. The molecule has 3 rings (SSSR count). The summed E-state index contributed by atoms with van der Waals surface area (Å²) >= 11 is 0. The fraction of sp³-hybridized carbons (Fsp3) is 0.273. The normalized spacial score (nSPS) is 10.0. The van der Waals surface area contributed by atoms with Gasteiger partial charge in [-0.15, -0.1) is 0 Å². The molecule has 1 aromatic heterocycles. The highest BCUT2D eigenvalue weighted by Gasteiger charge is 1.97. The average Bonchev–Trinajstić information content (AvgIpc) is 2.66. The Morgan fingerprint density at radius 1 is 0.875 bits per heavy atom. The van der Waals surface area contributed by atoms with Gasteiger partial charge in [-0.1, -0.05) is 74.7 Å². The molecular formula is C22H25NO.